The number of anilines is 2. The smallest absolute Gasteiger partial charge is 0.224 e. The van der Waals surface area contributed by atoms with Crippen molar-refractivity contribution in [2.75, 3.05) is 29.9 Å². The number of aromatic nitrogens is 2. The molecule has 1 unspecified atom stereocenters. The summed E-state index contributed by atoms with van der Waals surface area (Å²) in [5, 5.41) is 3.26. The van der Waals surface area contributed by atoms with Gasteiger partial charge in [0.2, 0.25) is 5.95 Å². The molecule has 0 spiro atoms. The molecule has 0 bridgehead atoms. The molecule has 4 heteroatoms. The molecule has 2 heterocycles. The zero-order chi connectivity index (χ0) is 13.5. The summed E-state index contributed by atoms with van der Waals surface area (Å²) in [4.78, 5) is 11.3. The first-order valence-electron chi connectivity index (χ1n) is 7.65. The Morgan fingerprint density at radius 3 is 3.00 bits per heavy atom. The lowest BCUT2D eigenvalue weighted by Gasteiger charge is -2.22. The molecule has 1 aliphatic rings. The van der Waals surface area contributed by atoms with Crippen molar-refractivity contribution in [1.29, 1.82) is 0 Å². The number of hydrogen-bond donors (Lipinski definition) is 1. The fourth-order valence-corrected chi connectivity index (χ4v) is 2.65. The highest BCUT2D eigenvalue weighted by atomic mass is 15.2. The van der Waals surface area contributed by atoms with Gasteiger partial charge < -0.3 is 10.2 Å². The zero-order valence-electron chi connectivity index (χ0n) is 12.2. The van der Waals surface area contributed by atoms with Gasteiger partial charge in [0.15, 0.2) is 0 Å². The van der Waals surface area contributed by atoms with Crippen LogP contribution in [0.3, 0.4) is 0 Å². The van der Waals surface area contributed by atoms with Crippen molar-refractivity contribution in [2.45, 2.75) is 46.0 Å². The summed E-state index contributed by atoms with van der Waals surface area (Å²) < 4.78 is 0. The van der Waals surface area contributed by atoms with E-state index in [2.05, 4.69) is 34.0 Å². The quantitative estimate of drug-likeness (QED) is 0.884. The number of nitrogens with one attached hydrogen (secondary N) is 1. The van der Waals surface area contributed by atoms with Gasteiger partial charge in [-0.3, -0.25) is 0 Å². The minimum atomic E-state index is 0.760. The normalized spacial score (nSPS) is 20.1. The molecule has 106 valence electrons. The minimum absolute atomic E-state index is 0.760. The monoisotopic (exact) mass is 262 g/mol. The molecule has 2 rings (SSSR count). The molecule has 1 aromatic rings. The van der Waals surface area contributed by atoms with E-state index in [4.69, 9.17) is 0 Å². The summed E-state index contributed by atoms with van der Waals surface area (Å²) in [6, 6.07) is 2.03. The molecule has 1 saturated heterocycles. The van der Waals surface area contributed by atoms with Crippen LogP contribution in [-0.2, 0) is 0 Å². The van der Waals surface area contributed by atoms with Crippen molar-refractivity contribution in [2.24, 2.45) is 5.92 Å². The van der Waals surface area contributed by atoms with Gasteiger partial charge in [0.05, 0.1) is 0 Å². The van der Waals surface area contributed by atoms with E-state index in [-0.39, 0.29) is 0 Å². The first-order chi connectivity index (χ1) is 9.33. The summed E-state index contributed by atoms with van der Waals surface area (Å²) in [7, 11) is 0. The number of nitrogens with zero attached hydrogens (tertiary/aromatic N) is 3. The van der Waals surface area contributed by atoms with Gasteiger partial charge in [0, 0.05) is 25.8 Å². The Morgan fingerprint density at radius 1 is 1.32 bits per heavy atom. The zero-order valence-corrected chi connectivity index (χ0v) is 12.2. The van der Waals surface area contributed by atoms with Crippen LogP contribution in [0.1, 0.15) is 46.0 Å². The van der Waals surface area contributed by atoms with Crippen molar-refractivity contribution >= 4 is 11.8 Å². The topological polar surface area (TPSA) is 41.1 Å². The molecule has 1 aromatic heterocycles. The highest BCUT2D eigenvalue weighted by molar-refractivity contribution is 5.42. The van der Waals surface area contributed by atoms with E-state index in [0.717, 1.165) is 43.7 Å². The Bertz CT molecular complexity index is 380. The lowest BCUT2D eigenvalue weighted by atomic mass is 9.98. The van der Waals surface area contributed by atoms with Gasteiger partial charge >= 0.3 is 0 Å². The number of hydrogen-bond acceptors (Lipinski definition) is 4. The summed E-state index contributed by atoms with van der Waals surface area (Å²) in [5.41, 5.74) is 0. The molecule has 0 aromatic carbocycles. The van der Waals surface area contributed by atoms with Gasteiger partial charge in [0.1, 0.15) is 5.82 Å². The third-order valence-electron chi connectivity index (χ3n) is 3.92. The maximum absolute atomic E-state index is 4.63. The third-order valence-corrected chi connectivity index (χ3v) is 3.92. The van der Waals surface area contributed by atoms with Crippen LogP contribution in [0.4, 0.5) is 11.8 Å². The first-order valence-corrected chi connectivity index (χ1v) is 7.65. The Balaban J connectivity index is 2.00. The van der Waals surface area contributed by atoms with E-state index >= 15 is 0 Å². The second-order valence-electron chi connectivity index (χ2n) is 5.36. The molecular weight excluding hydrogens is 236 g/mol. The number of rotatable bonds is 5. The lowest BCUT2D eigenvalue weighted by Crippen LogP contribution is -2.25. The van der Waals surface area contributed by atoms with Crippen LogP contribution >= 0.6 is 0 Å². The van der Waals surface area contributed by atoms with Crippen molar-refractivity contribution in [3.05, 3.63) is 12.3 Å². The summed E-state index contributed by atoms with van der Waals surface area (Å²) in [6.07, 6.45) is 8.19. The average molecular weight is 262 g/mol. The Labute approximate surface area is 116 Å². The largest absolute Gasteiger partial charge is 0.356 e. The van der Waals surface area contributed by atoms with Crippen LogP contribution < -0.4 is 10.2 Å². The lowest BCUT2D eigenvalue weighted by molar-refractivity contribution is 0.459. The maximum atomic E-state index is 4.63. The molecular formula is C15H26N4. The summed E-state index contributed by atoms with van der Waals surface area (Å²) >= 11 is 0. The van der Waals surface area contributed by atoms with E-state index in [1.54, 1.807) is 0 Å². The van der Waals surface area contributed by atoms with Crippen molar-refractivity contribution in [1.82, 2.24) is 9.97 Å². The molecule has 1 aliphatic heterocycles. The van der Waals surface area contributed by atoms with Crippen LogP contribution in [-0.4, -0.2) is 29.6 Å². The third kappa shape index (κ3) is 4.08. The summed E-state index contributed by atoms with van der Waals surface area (Å²) in [6.45, 7) is 7.64. The van der Waals surface area contributed by atoms with Gasteiger partial charge in [-0.25, -0.2) is 4.98 Å². The van der Waals surface area contributed by atoms with Gasteiger partial charge in [-0.05, 0) is 37.7 Å². The maximum Gasteiger partial charge on any atom is 0.224 e. The minimum Gasteiger partial charge on any atom is -0.356 e. The molecule has 4 nitrogen and oxygen atoms in total. The van der Waals surface area contributed by atoms with Crippen LogP contribution in [0.25, 0.3) is 0 Å². The van der Waals surface area contributed by atoms with Crippen molar-refractivity contribution in [3.8, 4) is 0 Å². The molecule has 0 radical (unpaired) electrons. The van der Waals surface area contributed by atoms with Crippen LogP contribution in [0.15, 0.2) is 12.3 Å². The molecule has 19 heavy (non-hydrogen) atoms. The Morgan fingerprint density at radius 2 is 2.21 bits per heavy atom. The highest BCUT2D eigenvalue weighted by Gasteiger charge is 2.17. The van der Waals surface area contributed by atoms with Gasteiger partial charge in [0.25, 0.3) is 0 Å². The fourth-order valence-electron chi connectivity index (χ4n) is 2.65. The average Bonchev–Trinajstić information content (AvgIpc) is 2.71. The van der Waals surface area contributed by atoms with Crippen LogP contribution in [0, 0.1) is 5.92 Å². The molecule has 0 aliphatic carbocycles. The fraction of sp³-hybridized carbons (Fsp3) is 0.733. The molecule has 1 fully saturated rings. The van der Waals surface area contributed by atoms with E-state index in [9.17, 15) is 0 Å². The van der Waals surface area contributed by atoms with E-state index in [0.29, 0.717) is 0 Å². The van der Waals surface area contributed by atoms with Crippen molar-refractivity contribution in [3.63, 3.8) is 0 Å². The highest BCUT2D eigenvalue weighted by Crippen LogP contribution is 2.23. The molecule has 0 saturated carbocycles. The van der Waals surface area contributed by atoms with Crippen molar-refractivity contribution < 1.29 is 0 Å². The predicted octanol–water partition coefficient (Wildman–Crippen LogP) is 3.32. The summed E-state index contributed by atoms with van der Waals surface area (Å²) in [5.74, 6) is 2.73. The van der Waals surface area contributed by atoms with Crippen LogP contribution in [0.2, 0.25) is 0 Å². The predicted molar refractivity (Wildman–Crippen MR) is 80.7 cm³/mol. The Hall–Kier alpha value is -1.32. The molecule has 0 amide bonds. The van der Waals surface area contributed by atoms with E-state index < -0.39 is 0 Å². The SMILES string of the molecule is CCCNc1nccc(N2CCCC(CC)CC2)n1. The van der Waals surface area contributed by atoms with Gasteiger partial charge in [-0.15, -0.1) is 0 Å². The Kier molecular flexibility index (Phi) is 5.43. The molecule has 1 atom stereocenters. The standard InChI is InChI=1S/C15H26N4/c1-3-9-16-15-17-10-7-14(18-15)19-11-5-6-13(4-2)8-12-19/h7,10,13H,3-6,8-9,11-12H2,1-2H3,(H,16,17,18). The van der Waals surface area contributed by atoms with Gasteiger partial charge in [-0.2, -0.15) is 4.98 Å². The molecule has 1 N–H and O–H groups in total. The second-order valence-corrected chi connectivity index (χ2v) is 5.36. The first kappa shape index (κ1) is 14.1. The second kappa shape index (κ2) is 7.31. The van der Waals surface area contributed by atoms with E-state index in [1.807, 2.05) is 12.3 Å². The van der Waals surface area contributed by atoms with Crippen LogP contribution in [0.5, 0.6) is 0 Å². The van der Waals surface area contributed by atoms with E-state index in [1.165, 1.54) is 25.7 Å². The van der Waals surface area contributed by atoms with Gasteiger partial charge in [-0.1, -0.05) is 20.3 Å².